The molecule has 2 heteroatoms. The van der Waals surface area contributed by atoms with Crippen molar-refractivity contribution >= 4 is 26.0 Å². The van der Waals surface area contributed by atoms with Crippen LogP contribution in [0.25, 0.3) is 10.2 Å². The van der Waals surface area contributed by atoms with Crippen LogP contribution in [0.1, 0.15) is 35.8 Å². The van der Waals surface area contributed by atoms with E-state index in [1.54, 1.807) is 26.7 Å². The lowest BCUT2D eigenvalue weighted by Crippen LogP contribution is -1.83. The molecule has 2 rings (SSSR count). The fourth-order valence-corrected chi connectivity index (χ4v) is 7.13. The van der Waals surface area contributed by atoms with Crippen LogP contribution in [0.3, 0.4) is 0 Å². The van der Waals surface area contributed by atoms with E-state index in [0.717, 1.165) is 0 Å². The highest BCUT2D eigenvalue weighted by atomic mass is 31.1. The third kappa shape index (κ3) is 1.64. The number of hydrogen-bond acceptors (Lipinski definition) is 0. The Morgan fingerprint density at radius 1 is 1.19 bits per heavy atom. The molecule has 0 saturated heterocycles. The molecule has 0 N–H and O–H groups in total. The highest BCUT2D eigenvalue weighted by Crippen LogP contribution is 2.50. The van der Waals surface area contributed by atoms with E-state index in [1.807, 2.05) is 0 Å². The molecule has 0 aliphatic rings. The Kier molecular flexibility index (Phi) is 3.43. The van der Waals surface area contributed by atoms with Gasteiger partial charge in [0.05, 0.1) is 0 Å². The van der Waals surface area contributed by atoms with Crippen LogP contribution in [0, 0.1) is 13.8 Å². The number of rotatable bonds is 2. The fourth-order valence-electron chi connectivity index (χ4n) is 2.61. The van der Waals surface area contributed by atoms with E-state index in [-0.39, 0.29) is 7.53 Å². The largest absolute Gasteiger partial charge is 0.116 e. The van der Waals surface area contributed by atoms with E-state index in [1.165, 1.54) is 26.6 Å². The lowest BCUT2D eigenvalue weighted by Gasteiger charge is -2.03. The van der Waals surface area contributed by atoms with Gasteiger partial charge in [0.25, 0.3) is 0 Å². The monoisotopic (exact) mass is 250 g/mol. The standard InChI is InChI=1S/C14H20P2/c1-6-11-12(7-2)16(5)14-10(4)9(3)8-15-13(11)14/h8H,6-7H2,1-5H3. The van der Waals surface area contributed by atoms with Crippen LogP contribution in [0.15, 0.2) is 5.80 Å². The van der Waals surface area contributed by atoms with Crippen molar-refractivity contribution in [3.8, 4) is 0 Å². The van der Waals surface area contributed by atoms with Gasteiger partial charge < -0.3 is 0 Å². The molecule has 0 fully saturated rings. The van der Waals surface area contributed by atoms with Crippen LogP contribution in [0.2, 0.25) is 0 Å². The van der Waals surface area contributed by atoms with Gasteiger partial charge in [0.1, 0.15) is 0 Å². The van der Waals surface area contributed by atoms with E-state index in [4.69, 9.17) is 0 Å². The Bertz CT molecular complexity index is 535. The minimum Gasteiger partial charge on any atom is -0.116 e. The SMILES string of the molecule is CCc1c(CC)p(C)c2c(C)c(C)cpc12. The van der Waals surface area contributed by atoms with Crippen molar-refractivity contribution in [2.24, 2.45) is 6.66 Å². The van der Waals surface area contributed by atoms with Crippen molar-refractivity contribution in [2.75, 3.05) is 0 Å². The van der Waals surface area contributed by atoms with Crippen molar-refractivity contribution in [1.82, 2.24) is 0 Å². The summed E-state index contributed by atoms with van der Waals surface area (Å²) < 4.78 is 0. The molecule has 1 unspecified atom stereocenters. The van der Waals surface area contributed by atoms with Gasteiger partial charge in [-0.05, 0) is 61.1 Å². The van der Waals surface area contributed by atoms with E-state index >= 15 is 0 Å². The van der Waals surface area contributed by atoms with Gasteiger partial charge >= 0.3 is 0 Å². The maximum atomic E-state index is 2.45. The van der Waals surface area contributed by atoms with E-state index in [9.17, 15) is 0 Å². The quantitative estimate of drug-likeness (QED) is 0.642. The Labute approximate surface area is 101 Å². The normalized spacial score (nSPS) is 12.9. The molecule has 2 aromatic heterocycles. The first-order valence-corrected chi connectivity index (χ1v) is 8.79. The summed E-state index contributed by atoms with van der Waals surface area (Å²) in [6.45, 7) is 11.6. The molecule has 86 valence electrons. The third-order valence-electron chi connectivity index (χ3n) is 3.62. The van der Waals surface area contributed by atoms with Gasteiger partial charge in [-0.2, -0.15) is 0 Å². The second-order valence-corrected chi connectivity index (χ2v) is 7.52. The molecule has 0 saturated carbocycles. The van der Waals surface area contributed by atoms with Crippen LogP contribution in [0.5, 0.6) is 0 Å². The minimum atomic E-state index is -0.0226. The summed E-state index contributed by atoms with van der Waals surface area (Å²) >= 11 is 0. The Morgan fingerprint density at radius 3 is 2.44 bits per heavy atom. The summed E-state index contributed by atoms with van der Waals surface area (Å²) in [7, 11) is 1.42. The number of hydrogen-bond donors (Lipinski definition) is 0. The summed E-state index contributed by atoms with van der Waals surface area (Å²) in [4.78, 5) is 0. The first-order chi connectivity index (χ1) is 7.61. The molecule has 0 aliphatic heterocycles. The number of aryl methyl sites for hydroxylation is 4. The van der Waals surface area contributed by atoms with Crippen LogP contribution >= 0.6 is 15.7 Å². The predicted octanol–water partition coefficient (Wildman–Crippen LogP) is 5.69. The van der Waals surface area contributed by atoms with E-state index in [0.29, 0.717) is 0 Å². The summed E-state index contributed by atoms with van der Waals surface area (Å²) in [5.41, 5.74) is 4.72. The smallest absolute Gasteiger partial charge is 0.0171 e. The van der Waals surface area contributed by atoms with Crippen LogP contribution in [0.4, 0.5) is 0 Å². The van der Waals surface area contributed by atoms with Crippen LogP contribution in [-0.2, 0) is 19.5 Å². The van der Waals surface area contributed by atoms with Gasteiger partial charge in [0, 0.05) is 10.2 Å². The topological polar surface area (TPSA) is 0 Å². The summed E-state index contributed by atoms with van der Waals surface area (Å²) in [5, 5.41) is 5.10. The highest BCUT2D eigenvalue weighted by molar-refractivity contribution is 7.57. The molecule has 0 radical (unpaired) electrons. The molecule has 0 bridgehead atoms. The van der Waals surface area contributed by atoms with Gasteiger partial charge in [0.15, 0.2) is 0 Å². The van der Waals surface area contributed by atoms with Gasteiger partial charge in [-0.25, -0.2) is 0 Å². The zero-order valence-electron chi connectivity index (χ0n) is 10.9. The third-order valence-corrected chi connectivity index (χ3v) is 7.69. The second-order valence-electron chi connectivity index (χ2n) is 4.45. The van der Waals surface area contributed by atoms with Crippen molar-refractivity contribution in [3.05, 3.63) is 27.8 Å². The minimum absolute atomic E-state index is 0.0226. The molecular formula is C14H20P2. The summed E-state index contributed by atoms with van der Waals surface area (Å²) in [6.07, 6.45) is 2.45. The molecule has 0 nitrogen and oxygen atoms in total. The van der Waals surface area contributed by atoms with Gasteiger partial charge in [-0.15, -0.1) is 7.53 Å². The summed E-state index contributed by atoms with van der Waals surface area (Å²) in [6, 6.07) is 0. The molecule has 0 spiro atoms. The van der Waals surface area contributed by atoms with E-state index in [2.05, 4.69) is 40.2 Å². The molecule has 16 heavy (non-hydrogen) atoms. The lowest BCUT2D eigenvalue weighted by molar-refractivity contribution is 1.09. The zero-order valence-corrected chi connectivity index (χ0v) is 12.7. The summed E-state index contributed by atoms with van der Waals surface area (Å²) in [5.74, 6) is 2.38. The molecule has 0 amide bonds. The van der Waals surface area contributed by atoms with Crippen molar-refractivity contribution in [2.45, 2.75) is 40.5 Å². The molecule has 0 aromatic carbocycles. The maximum Gasteiger partial charge on any atom is 0.0171 e. The molecule has 1 atom stereocenters. The van der Waals surface area contributed by atoms with Crippen molar-refractivity contribution in [1.29, 1.82) is 0 Å². The lowest BCUT2D eigenvalue weighted by atomic mass is 10.1. The van der Waals surface area contributed by atoms with Crippen LogP contribution in [-0.4, -0.2) is 0 Å². The first kappa shape index (κ1) is 12.2. The van der Waals surface area contributed by atoms with Gasteiger partial charge in [-0.1, -0.05) is 22.0 Å². The maximum absolute atomic E-state index is 2.45. The fraction of sp³-hybridized carbons (Fsp3) is 0.500. The molecule has 2 heterocycles. The molecule has 2 aromatic rings. The average molecular weight is 250 g/mol. The van der Waals surface area contributed by atoms with Crippen molar-refractivity contribution in [3.63, 3.8) is 0 Å². The molecular weight excluding hydrogens is 230 g/mol. The van der Waals surface area contributed by atoms with Gasteiger partial charge in [0.2, 0.25) is 0 Å². The number of fused-ring (bicyclic) bond motifs is 1. The first-order valence-electron chi connectivity index (χ1n) is 6.04. The van der Waals surface area contributed by atoms with E-state index < -0.39 is 0 Å². The Morgan fingerprint density at radius 2 is 1.88 bits per heavy atom. The average Bonchev–Trinajstić information content (AvgIpc) is 2.56. The zero-order chi connectivity index (χ0) is 11.9. The van der Waals surface area contributed by atoms with Gasteiger partial charge in [-0.3, -0.25) is 0 Å². The predicted molar refractivity (Wildman–Crippen MR) is 78.4 cm³/mol. The van der Waals surface area contributed by atoms with Crippen molar-refractivity contribution < 1.29 is 0 Å². The van der Waals surface area contributed by atoms with Crippen LogP contribution < -0.4 is 0 Å². The Hall–Kier alpha value is -0.310. The highest BCUT2D eigenvalue weighted by Gasteiger charge is 2.15. The Balaban J connectivity index is 2.93. The second kappa shape index (κ2) is 4.52. The molecule has 0 aliphatic carbocycles.